The number of para-hydroxylation sites is 1. The third kappa shape index (κ3) is 6.26. The number of ether oxygens (including phenoxy) is 1. The minimum atomic E-state index is -3.22. The molecular formula is C19H27N3O6S. The Balaban J connectivity index is 2.19. The average molecular weight is 426 g/mol. The van der Waals surface area contributed by atoms with Crippen molar-refractivity contribution in [2.75, 3.05) is 50.6 Å². The van der Waals surface area contributed by atoms with Crippen molar-refractivity contribution in [3.63, 3.8) is 0 Å². The van der Waals surface area contributed by atoms with Crippen LogP contribution in [0.3, 0.4) is 0 Å². The van der Waals surface area contributed by atoms with Crippen molar-refractivity contribution in [2.45, 2.75) is 19.4 Å². The molecular weight excluding hydrogens is 398 g/mol. The molecule has 0 bridgehead atoms. The van der Waals surface area contributed by atoms with Crippen LogP contribution in [0, 0.1) is 0 Å². The van der Waals surface area contributed by atoms with Crippen molar-refractivity contribution in [3.05, 3.63) is 29.8 Å². The molecule has 160 valence electrons. The highest BCUT2D eigenvalue weighted by Gasteiger charge is 2.36. The van der Waals surface area contributed by atoms with Crippen LogP contribution >= 0.6 is 0 Å². The Kier molecular flexibility index (Phi) is 7.74. The van der Waals surface area contributed by atoms with Gasteiger partial charge in [0.05, 0.1) is 29.4 Å². The van der Waals surface area contributed by atoms with Gasteiger partial charge in [-0.15, -0.1) is 0 Å². The monoisotopic (exact) mass is 425 g/mol. The summed E-state index contributed by atoms with van der Waals surface area (Å²) in [6, 6.07) is 5.69. The maximum absolute atomic E-state index is 12.8. The molecule has 1 aliphatic rings. The Morgan fingerprint density at radius 3 is 2.45 bits per heavy atom. The van der Waals surface area contributed by atoms with Crippen LogP contribution in [0.2, 0.25) is 0 Å². The molecule has 1 atom stereocenters. The minimum absolute atomic E-state index is 0.00325. The summed E-state index contributed by atoms with van der Waals surface area (Å²) in [6.07, 6.45) is 0.300. The van der Waals surface area contributed by atoms with Crippen LogP contribution in [0.1, 0.15) is 23.7 Å². The van der Waals surface area contributed by atoms with Crippen molar-refractivity contribution in [2.24, 2.45) is 0 Å². The van der Waals surface area contributed by atoms with Crippen LogP contribution in [0.4, 0.5) is 5.69 Å². The fourth-order valence-electron chi connectivity index (χ4n) is 3.06. The van der Waals surface area contributed by atoms with Crippen LogP contribution in [0.5, 0.6) is 0 Å². The minimum Gasteiger partial charge on any atom is -0.462 e. The summed E-state index contributed by atoms with van der Waals surface area (Å²) >= 11 is 0. The first-order chi connectivity index (χ1) is 13.6. The number of carbonyl (C=O) groups is 3. The zero-order valence-electron chi connectivity index (χ0n) is 16.9. The summed E-state index contributed by atoms with van der Waals surface area (Å²) in [5.41, 5.74) is 0.301. The summed E-state index contributed by atoms with van der Waals surface area (Å²) in [4.78, 5) is 40.7. The summed E-state index contributed by atoms with van der Waals surface area (Å²) in [7, 11) is 0.424. The van der Waals surface area contributed by atoms with E-state index in [1.54, 1.807) is 19.1 Å². The smallest absolute Gasteiger partial charge is 0.340 e. The average Bonchev–Trinajstić information content (AvgIpc) is 3.01. The van der Waals surface area contributed by atoms with Crippen LogP contribution in [0.25, 0.3) is 0 Å². The molecule has 1 aliphatic heterocycles. The van der Waals surface area contributed by atoms with E-state index in [1.807, 2.05) is 19.0 Å². The third-order valence-electron chi connectivity index (χ3n) is 4.56. The Hall–Kier alpha value is -2.46. The highest BCUT2D eigenvalue weighted by atomic mass is 32.2. The lowest BCUT2D eigenvalue weighted by atomic mass is 10.1. The predicted octanol–water partition coefficient (Wildman–Crippen LogP) is 0.379. The van der Waals surface area contributed by atoms with E-state index in [0.29, 0.717) is 13.0 Å². The van der Waals surface area contributed by atoms with Gasteiger partial charge in [0.15, 0.2) is 9.84 Å². The number of sulfone groups is 1. The van der Waals surface area contributed by atoms with Crippen LogP contribution in [-0.4, -0.2) is 87.3 Å². The van der Waals surface area contributed by atoms with E-state index < -0.39 is 33.7 Å². The van der Waals surface area contributed by atoms with Gasteiger partial charge in [-0.05, 0) is 39.6 Å². The molecule has 1 unspecified atom stereocenters. The Morgan fingerprint density at radius 1 is 1.17 bits per heavy atom. The zero-order valence-corrected chi connectivity index (χ0v) is 17.7. The molecule has 2 amide bonds. The molecule has 1 heterocycles. The summed E-state index contributed by atoms with van der Waals surface area (Å²) in [5, 5.41) is 2.47. The summed E-state index contributed by atoms with van der Waals surface area (Å²) in [5.74, 6) is -2.52. The molecule has 0 aliphatic carbocycles. The Labute approximate surface area is 170 Å². The Morgan fingerprint density at radius 2 is 1.86 bits per heavy atom. The van der Waals surface area contributed by atoms with Crippen LogP contribution < -0.4 is 5.32 Å². The molecule has 10 heteroatoms. The van der Waals surface area contributed by atoms with Gasteiger partial charge >= 0.3 is 17.8 Å². The van der Waals surface area contributed by atoms with Gasteiger partial charge in [-0.2, -0.15) is 0 Å². The molecule has 9 nitrogen and oxygen atoms in total. The molecule has 1 aromatic carbocycles. The van der Waals surface area contributed by atoms with Crippen molar-refractivity contribution < 1.29 is 27.5 Å². The maximum Gasteiger partial charge on any atom is 0.340 e. The van der Waals surface area contributed by atoms with Crippen LogP contribution in [-0.2, 0) is 24.2 Å². The summed E-state index contributed by atoms with van der Waals surface area (Å²) in [6.45, 7) is 2.54. The van der Waals surface area contributed by atoms with Gasteiger partial charge in [-0.25, -0.2) is 13.2 Å². The van der Waals surface area contributed by atoms with Crippen molar-refractivity contribution in [1.29, 1.82) is 0 Å². The molecule has 1 aromatic rings. The van der Waals surface area contributed by atoms with E-state index in [4.69, 9.17) is 4.74 Å². The number of benzene rings is 1. The van der Waals surface area contributed by atoms with E-state index in [9.17, 15) is 22.8 Å². The maximum atomic E-state index is 12.8. The molecule has 0 saturated carbocycles. The lowest BCUT2D eigenvalue weighted by Gasteiger charge is -2.29. The molecule has 1 N–H and O–H groups in total. The van der Waals surface area contributed by atoms with Gasteiger partial charge in [0.2, 0.25) is 0 Å². The number of likely N-dealkylation sites (N-methyl/N-ethyl adjacent to an activating group) is 1. The van der Waals surface area contributed by atoms with Crippen molar-refractivity contribution in [3.8, 4) is 0 Å². The highest BCUT2D eigenvalue weighted by molar-refractivity contribution is 7.91. The second-order valence-electron chi connectivity index (χ2n) is 7.08. The Bertz CT molecular complexity index is 868. The number of esters is 1. The predicted molar refractivity (Wildman–Crippen MR) is 108 cm³/mol. The molecule has 29 heavy (non-hydrogen) atoms. The number of rotatable bonds is 7. The normalized spacial score (nSPS) is 17.7. The largest absolute Gasteiger partial charge is 0.462 e. The van der Waals surface area contributed by atoms with Gasteiger partial charge < -0.3 is 19.9 Å². The fraction of sp³-hybridized carbons (Fsp3) is 0.526. The van der Waals surface area contributed by atoms with Gasteiger partial charge in [-0.3, -0.25) is 9.59 Å². The van der Waals surface area contributed by atoms with Crippen molar-refractivity contribution >= 4 is 33.3 Å². The fourth-order valence-corrected chi connectivity index (χ4v) is 4.79. The van der Waals surface area contributed by atoms with E-state index in [-0.39, 0.29) is 35.9 Å². The van der Waals surface area contributed by atoms with Crippen molar-refractivity contribution in [1.82, 2.24) is 9.80 Å². The number of amides is 2. The molecule has 2 rings (SSSR count). The first kappa shape index (κ1) is 22.8. The van der Waals surface area contributed by atoms with Gasteiger partial charge in [-0.1, -0.05) is 12.1 Å². The number of carbonyl (C=O) groups excluding carboxylic acids is 3. The second-order valence-corrected chi connectivity index (χ2v) is 9.31. The zero-order chi connectivity index (χ0) is 21.6. The van der Waals surface area contributed by atoms with E-state index in [0.717, 1.165) is 0 Å². The molecule has 0 spiro atoms. The molecule has 1 fully saturated rings. The molecule has 0 aromatic heterocycles. The lowest BCUT2D eigenvalue weighted by molar-refractivity contribution is -0.144. The van der Waals surface area contributed by atoms with Gasteiger partial charge in [0.25, 0.3) is 0 Å². The number of hydrogen-bond donors (Lipinski definition) is 1. The summed E-state index contributed by atoms with van der Waals surface area (Å²) < 4.78 is 28.7. The molecule has 0 radical (unpaired) electrons. The highest BCUT2D eigenvalue weighted by Crippen LogP contribution is 2.20. The quantitative estimate of drug-likeness (QED) is 0.496. The first-order valence-corrected chi connectivity index (χ1v) is 11.2. The number of nitrogens with one attached hydrogen (secondary N) is 1. The van der Waals surface area contributed by atoms with Crippen LogP contribution in [0.15, 0.2) is 24.3 Å². The number of hydrogen-bond acceptors (Lipinski definition) is 7. The SMILES string of the molecule is CCOC(=O)c1ccccc1NC(=O)C(=O)N(CCN(C)C)C1CCS(=O)(=O)C1. The van der Waals surface area contributed by atoms with E-state index in [2.05, 4.69) is 5.32 Å². The number of nitrogens with zero attached hydrogens (tertiary/aromatic N) is 2. The topological polar surface area (TPSA) is 113 Å². The second kappa shape index (κ2) is 9.84. The molecule has 1 saturated heterocycles. The van der Waals surface area contributed by atoms with E-state index in [1.165, 1.54) is 17.0 Å². The lowest BCUT2D eigenvalue weighted by Crippen LogP contribution is -2.49. The first-order valence-electron chi connectivity index (χ1n) is 9.38. The third-order valence-corrected chi connectivity index (χ3v) is 6.31. The number of anilines is 1. The van der Waals surface area contributed by atoms with Gasteiger partial charge in [0, 0.05) is 19.1 Å². The van der Waals surface area contributed by atoms with Gasteiger partial charge in [0.1, 0.15) is 0 Å². The standard InChI is InChI=1S/C19H27N3O6S/c1-4-28-19(25)15-7-5-6-8-16(15)20-17(23)18(24)22(11-10-21(2)3)14-9-12-29(26,27)13-14/h5-8,14H,4,9-13H2,1-3H3,(H,20,23). The van der Waals surface area contributed by atoms with E-state index >= 15 is 0 Å².